The van der Waals surface area contributed by atoms with E-state index in [2.05, 4.69) is 57.8 Å². The second-order valence-electron chi connectivity index (χ2n) is 4.65. The zero-order valence-corrected chi connectivity index (χ0v) is 13.6. The molecule has 1 rings (SSSR count). The van der Waals surface area contributed by atoms with Crippen molar-refractivity contribution in [2.75, 3.05) is 10.7 Å². The summed E-state index contributed by atoms with van der Waals surface area (Å²) in [6, 6.07) is 8.20. The third kappa shape index (κ3) is 3.48. The monoisotopic (exact) mass is 366 g/mol. The van der Waals surface area contributed by atoms with Crippen molar-refractivity contribution in [2.45, 2.75) is 25.7 Å². The normalized spacial score (nSPS) is 12.1. The van der Waals surface area contributed by atoms with Gasteiger partial charge in [0, 0.05) is 21.1 Å². The van der Waals surface area contributed by atoms with Gasteiger partial charge in [-0.25, -0.2) is 0 Å². The van der Waals surface area contributed by atoms with E-state index >= 15 is 0 Å². The molecule has 1 aromatic carbocycles. The molecular formula is C13H17Br2Cl. The van der Waals surface area contributed by atoms with Crippen LogP contribution in [0.25, 0.3) is 0 Å². The van der Waals surface area contributed by atoms with E-state index in [1.165, 1.54) is 5.56 Å². The van der Waals surface area contributed by atoms with Crippen molar-refractivity contribution in [1.82, 2.24) is 0 Å². The second kappa shape index (κ2) is 6.42. The maximum atomic E-state index is 5.93. The van der Waals surface area contributed by atoms with E-state index in [1.807, 2.05) is 12.1 Å². The van der Waals surface area contributed by atoms with E-state index in [9.17, 15) is 0 Å². The summed E-state index contributed by atoms with van der Waals surface area (Å²) < 4.78 is 0. The summed E-state index contributed by atoms with van der Waals surface area (Å²) in [5.41, 5.74) is 1.51. The number of rotatable bonds is 5. The molecule has 3 heteroatoms. The Bertz CT molecular complexity index is 315. The highest BCUT2D eigenvalue weighted by Gasteiger charge is 2.30. The summed E-state index contributed by atoms with van der Waals surface area (Å²) in [6.45, 7) is 4.52. The smallest absolute Gasteiger partial charge is 0.0406 e. The summed E-state index contributed by atoms with van der Waals surface area (Å²) in [5, 5.41) is 2.72. The first kappa shape index (κ1) is 14.5. The Morgan fingerprint density at radius 2 is 1.62 bits per heavy atom. The SMILES string of the molecule is CC(C)CC(CBr)(CBr)c1ccc(Cl)cc1. The Labute approximate surface area is 120 Å². The first-order chi connectivity index (χ1) is 7.54. The molecule has 0 aromatic heterocycles. The predicted octanol–water partition coefficient (Wildman–Crippen LogP) is 5.41. The van der Waals surface area contributed by atoms with Crippen molar-refractivity contribution in [3.05, 3.63) is 34.9 Å². The molecule has 0 nitrogen and oxygen atoms in total. The molecule has 0 N–H and O–H groups in total. The molecule has 0 atom stereocenters. The maximum absolute atomic E-state index is 5.93. The van der Waals surface area contributed by atoms with Gasteiger partial charge in [0.1, 0.15) is 0 Å². The van der Waals surface area contributed by atoms with Crippen LogP contribution in [-0.2, 0) is 5.41 Å². The molecule has 90 valence electrons. The van der Waals surface area contributed by atoms with Gasteiger partial charge in [0.15, 0.2) is 0 Å². The van der Waals surface area contributed by atoms with Gasteiger partial charge in [-0.2, -0.15) is 0 Å². The van der Waals surface area contributed by atoms with Gasteiger partial charge in [-0.3, -0.25) is 0 Å². The van der Waals surface area contributed by atoms with Crippen molar-refractivity contribution in [3.8, 4) is 0 Å². The summed E-state index contributed by atoms with van der Waals surface area (Å²) in [5.74, 6) is 0.672. The topological polar surface area (TPSA) is 0 Å². The molecule has 0 amide bonds. The molecule has 0 aliphatic carbocycles. The zero-order valence-electron chi connectivity index (χ0n) is 9.64. The molecule has 0 saturated heterocycles. The highest BCUT2D eigenvalue weighted by atomic mass is 79.9. The average Bonchev–Trinajstić information content (AvgIpc) is 2.27. The van der Waals surface area contributed by atoms with Crippen molar-refractivity contribution in [2.24, 2.45) is 5.92 Å². The van der Waals surface area contributed by atoms with Gasteiger partial charge >= 0.3 is 0 Å². The molecule has 0 aliphatic heterocycles. The maximum Gasteiger partial charge on any atom is 0.0406 e. The largest absolute Gasteiger partial charge is 0.0918 e. The van der Waals surface area contributed by atoms with Crippen molar-refractivity contribution in [3.63, 3.8) is 0 Å². The number of hydrogen-bond donors (Lipinski definition) is 0. The lowest BCUT2D eigenvalue weighted by atomic mass is 9.78. The van der Waals surface area contributed by atoms with Crippen LogP contribution in [0.5, 0.6) is 0 Å². The van der Waals surface area contributed by atoms with E-state index in [1.54, 1.807) is 0 Å². The fourth-order valence-corrected chi connectivity index (χ4v) is 4.16. The Hall–Kier alpha value is 0.470. The van der Waals surface area contributed by atoms with E-state index in [0.717, 1.165) is 22.1 Å². The van der Waals surface area contributed by atoms with Crippen LogP contribution in [0, 0.1) is 5.92 Å². The van der Waals surface area contributed by atoms with Crippen molar-refractivity contribution in [1.29, 1.82) is 0 Å². The van der Waals surface area contributed by atoms with Gasteiger partial charge < -0.3 is 0 Å². The van der Waals surface area contributed by atoms with E-state index in [4.69, 9.17) is 11.6 Å². The molecule has 0 bridgehead atoms. The number of hydrogen-bond acceptors (Lipinski definition) is 0. The fraction of sp³-hybridized carbons (Fsp3) is 0.538. The summed E-state index contributed by atoms with van der Waals surface area (Å²) >= 11 is 13.2. The Morgan fingerprint density at radius 3 is 2.00 bits per heavy atom. The molecule has 16 heavy (non-hydrogen) atoms. The van der Waals surface area contributed by atoms with Crippen LogP contribution in [0.2, 0.25) is 5.02 Å². The summed E-state index contributed by atoms with van der Waals surface area (Å²) in [6.07, 6.45) is 1.16. The van der Waals surface area contributed by atoms with Crippen LogP contribution in [0.4, 0.5) is 0 Å². The average molecular weight is 369 g/mol. The van der Waals surface area contributed by atoms with Crippen molar-refractivity contribution < 1.29 is 0 Å². The summed E-state index contributed by atoms with van der Waals surface area (Å²) in [4.78, 5) is 0. The number of alkyl halides is 2. The molecule has 0 fully saturated rings. The standard InChI is InChI=1S/C13H17Br2Cl/c1-10(2)7-13(8-14,9-15)11-3-5-12(16)6-4-11/h3-6,10H,7-9H2,1-2H3. The third-order valence-corrected chi connectivity index (χ3v) is 5.17. The van der Waals surface area contributed by atoms with Gasteiger partial charge in [-0.1, -0.05) is 69.4 Å². The molecule has 0 heterocycles. The van der Waals surface area contributed by atoms with Gasteiger partial charge in [-0.05, 0) is 30.0 Å². The van der Waals surface area contributed by atoms with E-state index in [0.29, 0.717) is 5.92 Å². The minimum Gasteiger partial charge on any atom is -0.0918 e. The fourth-order valence-electron chi connectivity index (χ4n) is 2.00. The van der Waals surface area contributed by atoms with Gasteiger partial charge in [-0.15, -0.1) is 0 Å². The highest BCUT2D eigenvalue weighted by molar-refractivity contribution is 9.09. The van der Waals surface area contributed by atoms with E-state index in [-0.39, 0.29) is 5.41 Å². The zero-order chi connectivity index (χ0) is 12.2. The molecule has 0 spiro atoms. The molecule has 0 radical (unpaired) electrons. The highest BCUT2D eigenvalue weighted by Crippen LogP contribution is 2.35. The van der Waals surface area contributed by atoms with Crippen molar-refractivity contribution >= 4 is 43.5 Å². The number of halogens is 3. The molecular weight excluding hydrogens is 351 g/mol. The van der Waals surface area contributed by atoms with Crippen LogP contribution in [0.1, 0.15) is 25.8 Å². The van der Waals surface area contributed by atoms with Crippen LogP contribution < -0.4 is 0 Å². The lowest BCUT2D eigenvalue weighted by Gasteiger charge is -2.32. The molecule has 0 unspecified atom stereocenters. The first-order valence-corrected chi connectivity index (χ1v) is 8.04. The lowest BCUT2D eigenvalue weighted by molar-refractivity contribution is 0.417. The van der Waals surface area contributed by atoms with E-state index < -0.39 is 0 Å². The first-order valence-electron chi connectivity index (χ1n) is 5.42. The Kier molecular flexibility index (Phi) is 5.83. The third-order valence-electron chi connectivity index (χ3n) is 2.77. The minimum atomic E-state index is 0.165. The molecule has 0 aliphatic rings. The van der Waals surface area contributed by atoms with Crippen LogP contribution in [-0.4, -0.2) is 10.7 Å². The van der Waals surface area contributed by atoms with Gasteiger partial charge in [0.2, 0.25) is 0 Å². The minimum absolute atomic E-state index is 0.165. The lowest BCUT2D eigenvalue weighted by Crippen LogP contribution is -2.31. The predicted molar refractivity (Wildman–Crippen MR) is 80.2 cm³/mol. The van der Waals surface area contributed by atoms with Crippen LogP contribution in [0.3, 0.4) is 0 Å². The van der Waals surface area contributed by atoms with Crippen LogP contribution >= 0.6 is 43.5 Å². The van der Waals surface area contributed by atoms with Gasteiger partial charge in [0.25, 0.3) is 0 Å². The molecule has 1 aromatic rings. The Balaban J connectivity index is 3.04. The van der Waals surface area contributed by atoms with Gasteiger partial charge in [0.05, 0.1) is 0 Å². The Morgan fingerprint density at radius 1 is 1.12 bits per heavy atom. The van der Waals surface area contributed by atoms with Crippen LogP contribution in [0.15, 0.2) is 24.3 Å². The second-order valence-corrected chi connectivity index (χ2v) is 6.21. The summed E-state index contributed by atoms with van der Waals surface area (Å²) in [7, 11) is 0. The quantitative estimate of drug-likeness (QED) is 0.609. The number of benzene rings is 1. The molecule has 0 saturated carbocycles.